The summed E-state index contributed by atoms with van der Waals surface area (Å²) in [5.74, 6) is -1.32. The van der Waals surface area contributed by atoms with Crippen LogP contribution in [0.25, 0.3) is 0 Å². The molecule has 2 aromatic carbocycles. The molecule has 2 unspecified atom stereocenters. The Hall–Kier alpha value is -2.33. The van der Waals surface area contributed by atoms with Gasteiger partial charge in [-0.25, -0.2) is 13.1 Å². The van der Waals surface area contributed by atoms with Crippen LogP contribution in [0.2, 0.25) is 0 Å². The lowest BCUT2D eigenvalue weighted by Crippen LogP contribution is -2.40. The smallest absolute Gasteiger partial charge is 0.310 e. The van der Waals surface area contributed by atoms with Gasteiger partial charge in [-0.3, -0.25) is 9.59 Å². The van der Waals surface area contributed by atoms with E-state index in [1.54, 1.807) is 26.0 Å². The number of carbonyl (C=O) groups excluding carboxylic acids is 2. The number of nitrogens with zero attached hydrogens (tertiary/aromatic N) is 1. The third kappa shape index (κ3) is 7.10. The zero-order valence-corrected chi connectivity index (χ0v) is 21.9. The number of amides is 1. The van der Waals surface area contributed by atoms with Crippen LogP contribution in [0.5, 0.6) is 0 Å². The summed E-state index contributed by atoms with van der Waals surface area (Å²) in [5.41, 5.74) is 1.46. The number of nitrogens with one attached hydrogen (secondary N) is 2. The van der Waals surface area contributed by atoms with E-state index >= 15 is 0 Å². The molecule has 0 bridgehead atoms. The topological polar surface area (TPSA) is 105 Å². The number of carbonyl (C=O) groups is 2. The quantitative estimate of drug-likeness (QED) is 0.363. The molecule has 1 aliphatic heterocycles. The normalized spacial score (nSPS) is 17.2. The van der Waals surface area contributed by atoms with E-state index in [4.69, 9.17) is 27.9 Å². The van der Waals surface area contributed by atoms with Crippen molar-refractivity contribution in [2.24, 2.45) is 5.92 Å². The Morgan fingerprint density at radius 2 is 1.89 bits per heavy atom. The van der Waals surface area contributed by atoms with E-state index in [-0.39, 0.29) is 29.1 Å². The molecule has 2 atom stereocenters. The van der Waals surface area contributed by atoms with Gasteiger partial charge in [0.15, 0.2) is 4.84 Å². The number of hydrogen-bond donors (Lipinski definition) is 2. The first-order valence-electron chi connectivity index (χ1n) is 11.3. The van der Waals surface area contributed by atoms with Gasteiger partial charge in [0.1, 0.15) is 4.90 Å². The van der Waals surface area contributed by atoms with Crippen LogP contribution in [-0.2, 0) is 24.3 Å². The highest BCUT2D eigenvalue weighted by Gasteiger charge is 2.31. The van der Waals surface area contributed by atoms with Crippen LogP contribution in [0.4, 0.5) is 11.4 Å². The average molecular weight is 542 g/mol. The van der Waals surface area contributed by atoms with Crippen molar-refractivity contribution in [1.29, 1.82) is 0 Å². The number of alkyl halides is 2. The first-order chi connectivity index (χ1) is 16.6. The van der Waals surface area contributed by atoms with E-state index in [0.717, 1.165) is 5.56 Å². The molecule has 0 aliphatic carbocycles. The summed E-state index contributed by atoms with van der Waals surface area (Å²) in [6, 6.07) is 13.2. The Labute approximate surface area is 216 Å². The van der Waals surface area contributed by atoms with Crippen LogP contribution >= 0.6 is 23.2 Å². The van der Waals surface area contributed by atoms with Crippen molar-refractivity contribution in [2.45, 2.75) is 42.5 Å². The molecule has 190 valence electrons. The van der Waals surface area contributed by atoms with Crippen molar-refractivity contribution < 1.29 is 22.7 Å². The molecule has 0 saturated carbocycles. The molecule has 0 spiro atoms. The largest absolute Gasteiger partial charge is 0.466 e. The minimum Gasteiger partial charge on any atom is -0.466 e. The summed E-state index contributed by atoms with van der Waals surface area (Å²) in [4.78, 5) is 24.9. The Kier molecular flexibility index (Phi) is 9.40. The molecule has 1 saturated heterocycles. The summed E-state index contributed by atoms with van der Waals surface area (Å²) < 4.78 is 35.0. The number of sulfonamides is 1. The van der Waals surface area contributed by atoms with Gasteiger partial charge < -0.3 is 15.0 Å². The summed E-state index contributed by atoms with van der Waals surface area (Å²) in [6.07, 6.45) is 1.37. The van der Waals surface area contributed by atoms with Gasteiger partial charge in [0.05, 0.1) is 18.2 Å². The highest BCUT2D eigenvalue weighted by Crippen LogP contribution is 2.33. The molecule has 3 rings (SSSR count). The predicted molar refractivity (Wildman–Crippen MR) is 137 cm³/mol. The fourth-order valence-electron chi connectivity index (χ4n) is 4.02. The lowest BCUT2D eigenvalue weighted by Gasteiger charge is -2.34. The van der Waals surface area contributed by atoms with Crippen molar-refractivity contribution in [3.05, 3.63) is 54.1 Å². The van der Waals surface area contributed by atoms with Crippen LogP contribution in [0.15, 0.2) is 53.4 Å². The summed E-state index contributed by atoms with van der Waals surface area (Å²) >= 11 is 11.3. The Morgan fingerprint density at radius 1 is 1.17 bits per heavy atom. The molecule has 0 aromatic heterocycles. The Bertz CT molecular complexity index is 1150. The highest BCUT2D eigenvalue weighted by molar-refractivity contribution is 7.89. The molecule has 0 radical (unpaired) electrons. The maximum atomic E-state index is 13.6. The second-order valence-corrected chi connectivity index (χ2v) is 11.0. The molecule has 11 heteroatoms. The van der Waals surface area contributed by atoms with Crippen LogP contribution in [-0.4, -0.2) is 44.8 Å². The third-order valence-corrected chi connectivity index (χ3v) is 7.69. The van der Waals surface area contributed by atoms with Crippen molar-refractivity contribution >= 4 is 56.5 Å². The van der Waals surface area contributed by atoms with E-state index in [9.17, 15) is 18.0 Å². The standard InChI is InChI=1S/C24H29Cl2N3O5S/c1-3-34-24(31)18-10-7-13-29(15-18)20-12-11-19(27-23(30)22(25)26)14-21(20)35(32,33)28-16(2)17-8-5-4-6-9-17/h4-6,8-9,11-12,14,16,18,22,28H,3,7,10,13,15H2,1-2H3,(H,27,30). The monoisotopic (exact) mass is 541 g/mol. The fourth-order valence-corrected chi connectivity index (χ4v) is 5.61. The number of rotatable bonds is 9. The zero-order chi connectivity index (χ0) is 25.6. The van der Waals surface area contributed by atoms with Crippen LogP contribution in [0.3, 0.4) is 0 Å². The minimum atomic E-state index is -4.04. The van der Waals surface area contributed by atoms with Crippen molar-refractivity contribution in [3.63, 3.8) is 0 Å². The van der Waals surface area contributed by atoms with Gasteiger partial charge in [0.25, 0.3) is 5.91 Å². The van der Waals surface area contributed by atoms with Crippen LogP contribution in [0, 0.1) is 5.92 Å². The van der Waals surface area contributed by atoms with Gasteiger partial charge in [0, 0.05) is 24.8 Å². The summed E-state index contributed by atoms with van der Waals surface area (Å²) in [6.45, 7) is 4.69. The van der Waals surface area contributed by atoms with E-state index in [1.807, 2.05) is 35.2 Å². The number of anilines is 2. The van der Waals surface area contributed by atoms with Gasteiger partial charge in [0.2, 0.25) is 10.0 Å². The number of hydrogen-bond acceptors (Lipinski definition) is 6. The van der Waals surface area contributed by atoms with Gasteiger partial charge >= 0.3 is 5.97 Å². The number of ether oxygens (including phenoxy) is 1. The van der Waals surface area contributed by atoms with Crippen LogP contribution < -0.4 is 14.9 Å². The molecule has 8 nitrogen and oxygen atoms in total. The van der Waals surface area contributed by atoms with E-state index < -0.39 is 26.8 Å². The first kappa shape index (κ1) is 27.3. The van der Waals surface area contributed by atoms with Gasteiger partial charge in [-0.15, -0.1) is 0 Å². The molecular formula is C24H29Cl2N3O5S. The molecule has 2 N–H and O–H groups in total. The maximum Gasteiger partial charge on any atom is 0.310 e. The number of halogens is 2. The molecule has 1 heterocycles. The number of piperidine rings is 1. The molecular weight excluding hydrogens is 513 g/mol. The molecule has 2 aromatic rings. The molecule has 1 fully saturated rings. The van der Waals surface area contributed by atoms with Gasteiger partial charge in [-0.05, 0) is 50.5 Å². The second kappa shape index (κ2) is 12.1. The van der Waals surface area contributed by atoms with Crippen molar-refractivity contribution in [2.75, 3.05) is 29.9 Å². The lowest BCUT2D eigenvalue weighted by atomic mass is 9.97. The third-order valence-electron chi connectivity index (χ3n) is 5.73. The first-order valence-corrected chi connectivity index (χ1v) is 13.7. The van der Waals surface area contributed by atoms with E-state index in [2.05, 4.69) is 10.0 Å². The van der Waals surface area contributed by atoms with Crippen LogP contribution in [0.1, 0.15) is 38.3 Å². The summed E-state index contributed by atoms with van der Waals surface area (Å²) in [5, 5.41) is 2.53. The van der Waals surface area contributed by atoms with Crippen molar-refractivity contribution in [1.82, 2.24) is 4.72 Å². The molecule has 1 amide bonds. The maximum absolute atomic E-state index is 13.6. The SMILES string of the molecule is CCOC(=O)C1CCCN(c2ccc(NC(=O)C(Cl)Cl)cc2S(=O)(=O)NC(C)c2ccccc2)C1. The summed E-state index contributed by atoms with van der Waals surface area (Å²) in [7, 11) is -4.04. The molecule has 35 heavy (non-hydrogen) atoms. The fraction of sp³-hybridized carbons (Fsp3) is 0.417. The lowest BCUT2D eigenvalue weighted by molar-refractivity contribution is -0.148. The molecule has 1 aliphatic rings. The average Bonchev–Trinajstić information content (AvgIpc) is 2.84. The second-order valence-electron chi connectivity index (χ2n) is 8.26. The zero-order valence-electron chi connectivity index (χ0n) is 19.5. The van der Waals surface area contributed by atoms with Crippen molar-refractivity contribution in [3.8, 4) is 0 Å². The predicted octanol–water partition coefficient (Wildman–Crippen LogP) is 4.25. The van der Waals surface area contributed by atoms with Gasteiger partial charge in [-0.2, -0.15) is 0 Å². The van der Waals surface area contributed by atoms with Gasteiger partial charge in [-0.1, -0.05) is 53.5 Å². The Morgan fingerprint density at radius 3 is 2.54 bits per heavy atom. The van der Waals surface area contributed by atoms with E-state index in [1.165, 1.54) is 6.07 Å². The number of benzene rings is 2. The highest BCUT2D eigenvalue weighted by atomic mass is 35.5. The Balaban J connectivity index is 1.97. The van der Waals surface area contributed by atoms with E-state index in [0.29, 0.717) is 31.6 Å². The minimum absolute atomic E-state index is 0.0247. The number of esters is 1.